The van der Waals surface area contributed by atoms with E-state index in [4.69, 9.17) is 22.9 Å². The van der Waals surface area contributed by atoms with Gasteiger partial charge in [-0.1, -0.05) is 41.5 Å². The monoisotopic (exact) mass is 406 g/mol. The van der Waals surface area contributed by atoms with Crippen molar-refractivity contribution in [2.75, 3.05) is 26.2 Å². The topological polar surface area (TPSA) is 104 Å². The molecule has 0 aliphatic carbocycles. The standard InChI is InChI=1S/C20H34F4N4/c1-17(2,3)19(7-25,8-26)11-13(21)15(23)12(16(24)14(11)22)20(9-27,10-28)18(4,5)6/h7-10,25-28H2,1-6H3. The lowest BCUT2D eigenvalue weighted by molar-refractivity contribution is 0.167. The highest BCUT2D eigenvalue weighted by Gasteiger charge is 2.51. The Balaban J connectivity index is 4.12. The summed E-state index contributed by atoms with van der Waals surface area (Å²) < 4.78 is 61.3. The first-order valence-corrected chi connectivity index (χ1v) is 9.30. The maximum absolute atomic E-state index is 15.3. The predicted octanol–water partition coefficient (Wildman–Crippen LogP) is 2.65. The van der Waals surface area contributed by atoms with Crippen LogP contribution in [0.25, 0.3) is 0 Å². The number of nitrogens with two attached hydrogens (primary N) is 4. The molecular formula is C20H34F4N4. The van der Waals surface area contributed by atoms with Gasteiger partial charge < -0.3 is 22.9 Å². The minimum atomic E-state index is -1.52. The highest BCUT2D eigenvalue weighted by atomic mass is 19.2. The van der Waals surface area contributed by atoms with Crippen LogP contribution in [-0.4, -0.2) is 26.2 Å². The third-order valence-electron chi connectivity index (χ3n) is 6.49. The lowest BCUT2D eigenvalue weighted by Gasteiger charge is -2.46. The third kappa shape index (κ3) is 3.34. The van der Waals surface area contributed by atoms with E-state index in [9.17, 15) is 0 Å². The summed E-state index contributed by atoms with van der Waals surface area (Å²) in [7, 11) is 0. The molecule has 0 saturated heterocycles. The summed E-state index contributed by atoms with van der Waals surface area (Å²) in [5, 5.41) is 0. The van der Waals surface area contributed by atoms with Crippen LogP contribution in [-0.2, 0) is 10.8 Å². The Morgan fingerprint density at radius 2 is 0.679 bits per heavy atom. The zero-order valence-corrected chi connectivity index (χ0v) is 17.6. The largest absolute Gasteiger partial charge is 0.330 e. The van der Waals surface area contributed by atoms with Gasteiger partial charge in [0.2, 0.25) is 0 Å². The van der Waals surface area contributed by atoms with Crippen molar-refractivity contribution in [2.45, 2.75) is 52.4 Å². The predicted molar refractivity (Wildman–Crippen MR) is 105 cm³/mol. The quantitative estimate of drug-likeness (QED) is 0.431. The average Bonchev–Trinajstić information content (AvgIpc) is 2.58. The maximum Gasteiger partial charge on any atom is 0.166 e. The molecule has 0 aromatic heterocycles. The van der Waals surface area contributed by atoms with Crippen LogP contribution in [0.1, 0.15) is 52.7 Å². The first-order valence-electron chi connectivity index (χ1n) is 9.30. The van der Waals surface area contributed by atoms with Crippen molar-refractivity contribution >= 4 is 0 Å². The molecule has 0 aliphatic heterocycles. The van der Waals surface area contributed by atoms with Crippen LogP contribution in [0.4, 0.5) is 17.6 Å². The fourth-order valence-electron chi connectivity index (χ4n) is 4.02. The summed E-state index contributed by atoms with van der Waals surface area (Å²) >= 11 is 0. The molecule has 0 spiro atoms. The average molecular weight is 407 g/mol. The van der Waals surface area contributed by atoms with E-state index in [0.717, 1.165) is 0 Å². The number of hydrogen-bond acceptors (Lipinski definition) is 4. The molecule has 0 unspecified atom stereocenters. The smallest absolute Gasteiger partial charge is 0.166 e. The summed E-state index contributed by atoms with van der Waals surface area (Å²) in [6.45, 7) is 8.79. The van der Waals surface area contributed by atoms with Crippen molar-refractivity contribution in [3.05, 3.63) is 34.4 Å². The van der Waals surface area contributed by atoms with Crippen molar-refractivity contribution in [3.8, 4) is 0 Å². The molecule has 28 heavy (non-hydrogen) atoms. The highest BCUT2D eigenvalue weighted by molar-refractivity contribution is 5.42. The minimum Gasteiger partial charge on any atom is -0.330 e. The summed E-state index contributed by atoms with van der Waals surface area (Å²) in [6.07, 6.45) is 0. The Hall–Kier alpha value is -1.22. The summed E-state index contributed by atoms with van der Waals surface area (Å²) in [5.41, 5.74) is 17.0. The molecular weight excluding hydrogens is 372 g/mol. The van der Waals surface area contributed by atoms with E-state index in [0.29, 0.717) is 0 Å². The van der Waals surface area contributed by atoms with E-state index in [1.54, 1.807) is 41.5 Å². The summed E-state index contributed by atoms with van der Waals surface area (Å²) in [6, 6.07) is 0. The van der Waals surface area contributed by atoms with E-state index >= 15 is 17.6 Å². The second-order valence-electron chi connectivity index (χ2n) is 9.49. The fourth-order valence-corrected chi connectivity index (χ4v) is 4.02. The molecule has 0 amide bonds. The van der Waals surface area contributed by atoms with Gasteiger partial charge in [-0.15, -0.1) is 0 Å². The molecule has 0 bridgehead atoms. The molecule has 1 aromatic carbocycles. The van der Waals surface area contributed by atoms with Gasteiger partial charge in [0.15, 0.2) is 23.3 Å². The van der Waals surface area contributed by atoms with Gasteiger partial charge in [0, 0.05) is 48.1 Å². The molecule has 0 atom stereocenters. The number of rotatable bonds is 6. The SMILES string of the molecule is CC(C)(C)C(CN)(CN)c1c(F)c(F)c(C(CN)(CN)C(C)(C)C)c(F)c1F. The molecule has 0 saturated carbocycles. The van der Waals surface area contributed by atoms with Crippen LogP contribution >= 0.6 is 0 Å². The number of hydrogen-bond donors (Lipinski definition) is 4. The van der Waals surface area contributed by atoms with Crippen LogP contribution in [0, 0.1) is 34.1 Å². The zero-order valence-electron chi connectivity index (χ0n) is 17.6. The Labute approximate surface area is 165 Å². The fraction of sp³-hybridized carbons (Fsp3) is 0.700. The number of benzene rings is 1. The molecule has 162 valence electrons. The minimum absolute atomic E-state index is 0.294. The third-order valence-corrected chi connectivity index (χ3v) is 6.49. The Morgan fingerprint density at radius 3 is 0.786 bits per heavy atom. The van der Waals surface area contributed by atoms with Crippen LogP contribution in [0.15, 0.2) is 0 Å². The molecule has 4 nitrogen and oxygen atoms in total. The van der Waals surface area contributed by atoms with Gasteiger partial charge in [-0.25, -0.2) is 17.6 Å². The molecule has 1 aromatic rings. The van der Waals surface area contributed by atoms with Crippen molar-refractivity contribution in [1.29, 1.82) is 0 Å². The van der Waals surface area contributed by atoms with Gasteiger partial charge in [0.25, 0.3) is 0 Å². The lowest BCUT2D eigenvalue weighted by Crippen LogP contribution is -2.55. The number of halogens is 4. The summed E-state index contributed by atoms with van der Waals surface area (Å²) in [4.78, 5) is 0. The van der Waals surface area contributed by atoms with Crippen molar-refractivity contribution in [2.24, 2.45) is 33.8 Å². The van der Waals surface area contributed by atoms with Crippen LogP contribution < -0.4 is 22.9 Å². The molecule has 8 N–H and O–H groups in total. The van der Waals surface area contributed by atoms with Crippen LogP contribution in [0.2, 0.25) is 0 Å². The van der Waals surface area contributed by atoms with Crippen molar-refractivity contribution in [3.63, 3.8) is 0 Å². The van der Waals surface area contributed by atoms with E-state index < -0.39 is 56.1 Å². The van der Waals surface area contributed by atoms with E-state index in [-0.39, 0.29) is 26.2 Å². The van der Waals surface area contributed by atoms with Crippen LogP contribution in [0.5, 0.6) is 0 Å². The molecule has 8 heteroatoms. The van der Waals surface area contributed by atoms with Crippen molar-refractivity contribution < 1.29 is 17.6 Å². The molecule has 1 rings (SSSR count). The van der Waals surface area contributed by atoms with Gasteiger partial charge in [-0.2, -0.15) is 0 Å². The molecule has 0 fully saturated rings. The zero-order chi connectivity index (χ0) is 22.3. The van der Waals surface area contributed by atoms with Gasteiger partial charge in [0.1, 0.15) is 0 Å². The van der Waals surface area contributed by atoms with Crippen LogP contribution in [0.3, 0.4) is 0 Å². The maximum atomic E-state index is 15.3. The second kappa shape index (κ2) is 7.89. The van der Waals surface area contributed by atoms with Gasteiger partial charge >= 0.3 is 0 Å². The normalized spacial score (nSPS) is 13.9. The second-order valence-corrected chi connectivity index (χ2v) is 9.49. The van der Waals surface area contributed by atoms with Gasteiger partial charge in [0.05, 0.1) is 0 Å². The van der Waals surface area contributed by atoms with Crippen molar-refractivity contribution in [1.82, 2.24) is 0 Å². The first-order chi connectivity index (χ1) is 12.6. The van der Waals surface area contributed by atoms with E-state index in [2.05, 4.69) is 0 Å². The molecule has 0 radical (unpaired) electrons. The highest BCUT2D eigenvalue weighted by Crippen LogP contribution is 2.48. The van der Waals surface area contributed by atoms with Gasteiger partial charge in [-0.3, -0.25) is 0 Å². The summed E-state index contributed by atoms with van der Waals surface area (Å²) in [5.74, 6) is -6.02. The first kappa shape index (κ1) is 24.8. The Bertz CT molecular complexity index is 622. The Morgan fingerprint density at radius 1 is 0.500 bits per heavy atom. The molecule has 0 aliphatic rings. The van der Waals surface area contributed by atoms with E-state index in [1.807, 2.05) is 0 Å². The lowest BCUT2D eigenvalue weighted by atomic mass is 9.59. The molecule has 0 heterocycles. The Kier molecular flexibility index (Phi) is 7.00. The van der Waals surface area contributed by atoms with E-state index in [1.165, 1.54) is 0 Å². The van der Waals surface area contributed by atoms with Gasteiger partial charge in [-0.05, 0) is 10.8 Å².